The predicted octanol–water partition coefficient (Wildman–Crippen LogP) is 2.69. The van der Waals surface area contributed by atoms with Crippen LogP contribution in [0.15, 0.2) is 24.3 Å². The fourth-order valence-electron chi connectivity index (χ4n) is 1.98. The van der Waals surface area contributed by atoms with Crippen molar-refractivity contribution in [3.8, 4) is 5.75 Å². The van der Waals surface area contributed by atoms with Crippen LogP contribution in [0.25, 0.3) is 0 Å². The Bertz CT molecular complexity index is 502. The van der Waals surface area contributed by atoms with Crippen LogP contribution in [0.3, 0.4) is 0 Å². The van der Waals surface area contributed by atoms with Gasteiger partial charge in [-0.2, -0.15) is 0 Å². The zero-order chi connectivity index (χ0) is 16.8. The third kappa shape index (κ3) is 5.76. The summed E-state index contributed by atoms with van der Waals surface area (Å²) in [4.78, 5) is 24.0. The monoisotopic (exact) mass is 307 g/mol. The number of carboxylic acids is 1. The minimum atomic E-state index is -0.912. The number of amides is 1. The van der Waals surface area contributed by atoms with Gasteiger partial charge >= 0.3 is 5.97 Å². The first-order chi connectivity index (χ1) is 10.2. The van der Waals surface area contributed by atoms with E-state index in [9.17, 15) is 9.59 Å². The molecule has 0 unspecified atom stereocenters. The molecule has 5 heteroatoms. The van der Waals surface area contributed by atoms with E-state index in [-0.39, 0.29) is 30.9 Å². The summed E-state index contributed by atoms with van der Waals surface area (Å²) in [5.74, 6) is -0.482. The molecule has 5 nitrogen and oxygen atoms in total. The van der Waals surface area contributed by atoms with Gasteiger partial charge in [-0.3, -0.25) is 9.59 Å². The molecule has 0 saturated carbocycles. The van der Waals surface area contributed by atoms with Gasteiger partial charge in [-0.05, 0) is 30.0 Å². The Labute approximate surface area is 131 Å². The van der Waals surface area contributed by atoms with Crippen molar-refractivity contribution in [1.82, 2.24) is 4.90 Å². The van der Waals surface area contributed by atoms with Crippen LogP contribution < -0.4 is 4.74 Å². The van der Waals surface area contributed by atoms with E-state index in [0.29, 0.717) is 12.3 Å². The minimum absolute atomic E-state index is 0.0557. The third-order valence-electron chi connectivity index (χ3n) is 3.41. The maximum Gasteiger partial charge on any atom is 0.305 e. The lowest BCUT2D eigenvalue weighted by Crippen LogP contribution is -2.36. The lowest BCUT2D eigenvalue weighted by atomic mass is 9.87. The fourth-order valence-corrected chi connectivity index (χ4v) is 1.98. The van der Waals surface area contributed by atoms with Gasteiger partial charge in [0.05, 0.1) is 6.42 Å². The number of benzene rings is 1. The van der Waals surface area contributed by atoms with Crippen molar-refractivity contribution in [2.24, 2.45) is 0 Å². The summed E-state index contributed by atoms with van der Waals surface area (Å²) in [7, 11) is 0. The second kappa shape index (κ2) is 7.82. The molecule has 1 amide bonds. The van der Waals surface area contributed by atoms with E-state index in [1.165, 1.54) is 10.5 Å². The molecule has 0 aliphatic rings. The predicted molar refractivity (Wildman–Crippen MR) is 85.1 cm³/mol. The van der Waals surface area contributed by atoms with Crippen molar-refractivity contribution in [3.63, 3.8) is 0 Å². The Morgan fingerprint density at radius 1 is 1.18 bits per heavy atom. The SMILES string of the molecule is CCN(CCC(=O)O)C(=O)COc1ccc(C(C)(C)C)cc1. The highest BCUT2D eigenvalue weighted by atomic mass is 16.5. The van der Waals surface area contributed by atoms with Gasteiger partial charge in [0.2, 0.25) is 0 Å². The summed E-state index contributed by atoms with van der Waals surface area (Å²) in [6.45, 7) is 8.81. The molecule has 0 heterocycles. The standard InChI is InChI=1S/C17H25NO4/c1-5-18(11-10-16(20)21)15(19)12-22-14-8-6-13(7-9-14)17(2,3)4/h6-9H,5,10-12H2,1-4H3,(H,20,21). The van der Waals surface area contributed by atoms with Crippen LogP contribution in [0.4, 0.5) is 0 Å². The number of carbonyl (C=O) groups excluding carboxylic acids is 1. The van der Waals surface area contributed by atoms with E-state index < -0.39 is 5.97 Å². The smallest absolute Gasteiger partial charge is 0.305 e. The van der Waals surface area contributed by atoms with E-state index in [2.05, 4.69) is 20.8 Å². The van der Waals surface area contributed by atoms with Gasteiger partial charge in [0.1, 0.15) is 5.75 Å². The van der Waals surface area contributed by atoms with Crippen molar-refractivity contribution < 1.29 is 19.4 Å². The molecule has 0 bridgehead atoms. The number of carbonyl (C=O) groups is 2. The second-order valence-corrected chi connectivity index (χ2v) is 6.18. The molecule has 0 aliphatic carbocycles. The average molecular weight is 307 g/mol. The van der Waals surface area contributed by atoms with Crippen molar-refractivity contribution in [2.75, 3.05) is 19.7 Å². The Kier molecular flexibility index (Phi) is 6.40. The van der Waals surface area contributed by atoms with E-state index in [1.54, 1.807) is 0 Å². The number of hydrogen-bond donors (Lipinski definition) is 1. The molecule has 0 spiro atoms. The van der Waals surface area contributed by atoms with Gasteiger partial charge < -0.3 is 14.7 Å². The summed E-state index contributed by atoms with van der Waals surface area (Å²) >= 11 is 0. The first-order valence-electron chi connectivity index (χ1n) is 7.47. The van der Waals surface area contributed by atoms with E-state index >= 15 is 0 Å². The van der Waals surface area contributed by atoms with Crippen LogP contribution in [-0.2, 0) is 15.0 Å². The molecule has 1 rings (SSSR count). The number of likely N-dealkylation sites (N-methyl/N-ethyl adjacent to an activating group) is 1. The molecule has 0 aromatic heterocycles. The highest BCUT2D eigenvalue weighted by Crippen LogP contribution is 2.24. The Morgan fingerprint density at radius 2 is 1.77 bits per heavy atom. The molecule has 0 saturated heterocycles. The summed E-state index contributed by atoms with van der Waals surface area (Å²) in [6, 6.07) is 7.67. The zero-order valence-corrected chi connectivity index (χ0v) is 13.8. The first kappa shape index (κ1) is 18.0. The number of aliphatic carboxylic acids is 1. The number of nitrogens with zero attached hydrogens (tertiary/aromatic N) is 1. The van der Waals surface area contributed by atoms with Crippen LogP contribution in [0, 0.1) is 0 Å². The summed E-state index contributed by atoms with van der Waals surface area (Å²) in [5.41, 5.74) is 1.27. The average Bonchev–Trinajstić information content (AvgIpc) is 2.45. The lowest BCUT2D eigenvalue weighted by molar-refractivity contribution is -0.139. The molecule has 1 aromatic carbocycles. The van der Waals surface area contributed by atoms with Crippen molar-refractivity contribution >= 4 is 11.9 Å². The summed E-state index contributed by atoms with van der Waals surface area (Å²) in [6.07, 6.45) is -0.0557. The maximum absolute atomic E-state index is 12.0. The number of hydrogen-bond acceptors (Lipinski definition) is 3. The van der Waals surface area contributed by atoms with Gasteiger partial charge in [0, 0.05) is 13.1 Å². The van der Waals surface area contributed by atoms with Crippen LogP contribution >= 0.6 is 0 Å². The number of ether oxygens (including phenoxy) is 1. The Balaban J connectivity index is 2.54. The van der Waals surface area contributed by atoms with Crippen molar-refractivity contribution in [1.29, 1.82) is 0 Å². The fraction of sp³-hybridized carbons (Fsp3) is 0.529. The van der Waals surface area contributed by atoms with Crippen LogP contribution in [0.2, 0.25) is 0 Å². The van der Waals surface area contributed by atoms with Crippen LogP contribution in [0.5, 0.6) is 5.75 Å². The zero-order valence-electron chi connectivity index (χ0n) is 13.8. The number of carboxylic acid groups (broad SMARTS) is 1. The van der Waals surface area contributed by atoms with E-state index in [4.69, 9.17) is 9.84 Å². The van der Waals surface area contributed by atoms with Gasteiger partial charge in [-0.25, -0.2) is 0 Å². The van der Waals surface area contributed by atoms with Crippen LogP contribution in [-0.4, -0.2) is 41.6 Å². The molecular weight excluding hydrogens is 282 g/mol. The summed E-state index contributed by atoms with van der Waals surface area (Å²) < 4.78 is 5.49. The molecular formula is C17H25NO4. The van der Waals surface area contributed by atoms with Gasteiger partial charge in [-0.1, -0.05) is 32.9 Å². The van der Waals surface area contributed by atoms with E-state index in [1.807, 2.05) is 31.2 Å². The Hall–Kier alpha value is -2.04. The molecule has 0 aliphatic heterocycles. The van der Waals surface area contributed by atoms with Crippen molar-refractivity contribution in [3.05, 3.63) is 29.8 Å². The van der Waals surface area contributed by atoms with Crippen molar-refractivity contribution in [2.45, 2.75) is 39.5 Å². The molecule has 0 atom stereocenters. The highest BCUT2D eigenvalue weighted by molar-refractivity contribution is 5.78. The largest absolute Gasteiger partial charge is 0.484 e. The maximum atomic E-state index is 12.0. The normalized spacial score (nSPS) is 11.1. The van der Waals surface area contributed by atoms with Gasteiger partial charge in [0.25, 0.3) is 5.91 Å². The lowest BCUT2D eigenvalue weighted by Gasteiger charge is -2.21. The Morgan fingerprint density at radius 3 is 2.23 bits per heavy atom. The van der Waals surface area contributed by atoms with E-state index in [0.717, 1.165) is 0 Å². The second-order valence-electron chi connectivity index (χ2n) is 6.18. The molecule has 0 fully saturated rings. The van der Waals surface area contributed by atoms with Crippen LogP contribution in [0.1, 0.15) is 39.7 Å². The molecule has 122 valence electrons. The van der Waals surface area contributed by atoms with Gasteiger partial charge in [-0.15, -0.1) is 0 Å². The highest BCUT2D eigenvalue weighted by Gasteiger charge is 2.15. The topological polar surface area (TPSA) is 66.8 Å². The molecule has 1 N–H and O–H groups in total. The first-order valence-corrected chi connectivity index (χ1v) is 7.47. The minimum Gasteiger partial charge on any atom is -0.484 e. The molecule has 1 aromatic rings. The molecule has 0 radical (unpaired) electrons. The third-order valence-corrected chi connectivity index (χ3v) is 3.41. The number of rotatable bonds is 7. The molecule has 22 heavy (non-hydrogen) atoms. The van der Waals surface area contributed by atoms with Gasteiger partial charge in [0.15, 0.2) is 6.61 Å². The quantitative estimate of drug-likeness (QED) is 0.841. The summed E-state index contributed by atoms with van der Waals surface area (Å²) in [5, 5.41) is 8.67.